The van der Waals surface area contributed by atoms with E-state index in [9.17, 15) is 24.0 Å². The van der Waals surface area contributed by atoms with E-state index >= 15 is 8.78 Å². The van der Waals surface area contributed by atoms with E-state index in [2.05, 4.69) is 47.9 Å². The van der Waals surface area contributed by atoms with Crippen molar-refractivity contribution in [2.45, 2.75) is 171 Å². The van der Waals surface area contributed by atoms with Crippen molar-refractivity contribution in [1.29, 1.82) is 0 Å². The molecule has 10 rings (SSSR count). The molecule has 2 aromatic heterocycles. The van der Waals surface area contributed by atoms with Crippen molar-refractivity contribution < 1.29 is 32.8 Å². The van der Waals surface area contributed by atoms with Crippen LogP contribution in [0.25, 0.3) is 22.3 Å². The fourth-order valence-electron chi connectivity index (χ4n) is 13.8. The van der Waals surface area contributed by atoms with Crippen LogP contribution >= 0.6 is 0 Å². The molecular formula is C63H82F2N10O5. The lowest BCUT2D eigenvalue weighted by Crippen LogP contribution is -2.57. The number of amides is 5. The summed E-state index contributed by atoms with van der Waals surface area (Å²) in [4.78, 5) is 82.7. The number of fused-ring (bicyclic) bond motifs is 1. The third kappa shape index (κ3) is 11.9. The zero-order valence-electron chi connectivity index (χ0n) is 47.2. The molecule has 428 valence electrons. The van der Waals surface area contributed by atoms with E-state index in [4.69, 9.17) is 0 Å². The quantitative estimate of drug-likeness (QED) is 0.0440. The second-order valence-corrected chi connectivity index (χ2v) is 23.8. The normalized spacial score (nSPS) is 24.5. The largest absolute Gasteiger partial charge is 0.352 e. The molecule has 2 aromatic carbocycles. The zero-order chi connectivity index (χ0) is 56.1. The number of likely N-dealkylation sites (N-methyl/N-ethyl adjacent to an activating group) is 2. The molecule has 4 heterocycles. The van der Waals surface area contributed by atoms with Crippen molar-refractivity contribution in [2.75, 3.05) is 40.3 Å². The molecule has 0 radical (unpaired) electrons. The molecule has 0 spiro atoms. The molecule has 2 saturated heterocycles. The van der Waals surface area contributed by atoms with Crippen LogP contribution in [0.5, 0.6) is 0 Å². The predicted molar refractivity (Wildman–Crippen MR) is 304 cm³/mol. The van der Waals surface area contributed by atoms with E-state index in [1.54, 1.807) is 50.9 Å². The Balaban J connectivity index is 0.726. The first kappa shape index (κ1) is 57.1. The molecule has 8 atom stereocenters. The van der Waals surface area contributed by atoms with Crippen LogP contribution in [0.2, 0.25) is 0 Å². The summed E-state index contributed by atoms with van der Waals surface area (Å²) in [7, 11) is 3.55. The number of carbonyl (C=O) groups excluding carboxylic acids is 5. The Bertz CT molecular complexity index is 2900. The van der Waals surface area contributed by atoms with Gasteiger partial charge in [-0.1, -0.05) is 50.7 Å². The molecule has 4 aromatic rings. The van der Waals surface area contributed by atoms with Crippen LogP contribution < -0.4 is 31.9 Å². The van der Waals surface area contributed by atoms with Crippen LogP contribution in [0.15, 0.2) is 73.3 Å². The maximum atomic E-state index is 15.5. The third-order valence-corrected chi connectivity index (χ3v) is 18.9. The Kier molecular flexibility index (Phi) is 17.8. The van der Waals surface area contributed by atoms with Gasteiger partial charge in [-0.15, -0.1) is 0 Å². The van der Waals surface area contributed by atoms with Crippen molar-refractivity contribution in [3.8, 4) is 22.3 Å². The van der Waals surface area contributed by atoms with E-state index in [1.807, 2.05) is 42.0 Å². The summed E-state index contributed by atoms with van der Waals surface area (Å²) in [5.74, 6) is -1.41. The predicted octanol–water partition coefficient (Wildman–Crippen LogP) is 8.77. The van der Waals surface area contributed by atoms with Crippen molar-refractivity contribution in [2.24, 2.45) is 17.8 Å². The maximum absolute atomic E-state index is 15.5. The van der Waals surface area contributed by atoms with Crippen molar-refractivity contribution in [3.05, 3.63) is 107 Å². The van der Waals surface area contributed by atoms with Gasteiger partial charge in [0.25, 0.3) is 5.91 Å². The number of carbonyl (C=O) groups is 5. The van der Waals surface area contributed by atoms with E-state index in [0.29, 0.717) is 55.7 Å². The molecule has 80 heavy (non-hydrogen) atoms. The number of pyridine rings is 2. The molecule has 6 fully saturated rings. The van der Waals surface area contributed by atoms with Gasteiger partial charge in [-0.3, -0.25) is 33.9 Å². The van der Waals surface area contributed by atoms with Gasteiger partial charge in [0.2, 0.25) is 23.6 Å². The molecule has 3 unspecified atom stereocenters. The number of nitrogens with zero attached hydrogens (tertiary/aromatic N) is 4. The third-order valence-electron chi connectivity index (χ3n) is 18.9. The van der Waals surface area contributed by atoms with Gasteiger partial charge in [0.05, 0.1) is 29.2 Å². The monoisotopic (exact) mass is 1100 g/mol. The van der Waals surface area contributed by atoms with Crippen LogP contribution in [0.1, 0.15) is 175 Å². The lowest BCUT2D eigenvalue weighted by Gasteiger charge is -2.35. The summed E-state index contributed by atoms with van der Waals surface area (Å²) in [5.41, 5.74) is 3.68. The summed E-state index contributed by atoms with van der Waals surface area (Å²) < 4.78 is 30.9. The number of rotatable bonds is 21. The molecular weight excluding hydrogens is 1010 g/mol. The number of halogens is 2. The average Bonchev–Trinajstić information content (AvgIpc) is 2.61. The van der Waals surface area contributed by atoms with Gasteiger partial charge >= 0.3 is 0 Å². The van der Waals surface area contributed by atoms with Gasteiger partial charge in [0, 0.05) is 67.2 Å². The first-order valence-electron chi connectivity index (χ1n) is 29.9. The van der Waals surface area contributed by atoms with Gasteiger partial charge in [-0.25, -0.2) is 8.78 Å². The molecule has 4 saturated carbocycles. The number of aromatic nitrogens is 2. The number of unbranched alkanes of at least 4 members (excludes halogenated alkanes) is 1. The minimum atomic E-state index is -0.876. The molecule has 6 N–H and O–H groups in total. The molecule has 0 bridgehead atoms. The van der Waals surface area contributed by atoms with Crippen LogP contribution in [0, 0.1) is 29.4 Å². The highest BCUT2D eigenvalue weighted by atomic mass is 19.1. The zero-order valence-corrected chi connectivity index (χ0v) is 47.2. The lowest BCUT2D eigenvalue weighted by molar-refractivity contribution is -0.140. The Morgan fingerprint density at radius 3 is 1.88 bits per heavy atom. The highest BCUT2D eigenvalue weighted by molar-refractivity contribution is 5.98. The Labute approximate surface area is 470 Å². The van der Waals surface area contributed by atoms with Gasteiger partial charge in [0.15, 0.2) is 0 Å². The van der Waals surface area contributed by atoms with Crippen LogP contribution in [0.3, 0.4) is 0 Å². The Morgan fingerprint density at radius 2 is 1.25 bits per heavy atom. The summed E-state index contributed by atoms with van der Waals surface area (Å²) in [6.45, 7) is 5.78. The average molecular weight is 1100 g/mol. The van der Waals surface area contributed by atoms with Crippen LogP contribution in [0.4, 0.5) is 8.78 Å². The smallest absolute Gasteiger partial charge is 0.254 e. The first-order chi connectivity index (χ1) is 38.8. The molecule has 4 aliphatic carbocycles. The van der Waals surface area contributed by atoms with Crippen molar-refractivity contribution in [3.63, 3.8) is 0 Å². The van der Waals surface area contributed by atoms with Gasteiger partial charge < -0.3 is 41.7 Å². The minimum absolute atomic E-state index is 0.0171. The topological polar surface area (TPSA) is 190 Å². The fraction of sp³-hybridized carbons (Fsp3) is 0.571. The lowest BCUT2D eigenvalue weighted by atomic mass is 9.83. The highest BCUT2D eigenvalue weighted by Crippen LogP contribution is 2.59. The summed E-state index contributed by atoms with van der Waals surface area (Å²) in [5, 5.41) is 19.0. The second-order valence-electron chi connectivity index (χ2n) is 23.8. The highest BCUT2D eigenvalue weighted by Gasteiger charge is 2.71. The first-order valence-corrected chi connectivity index (χ1v) is 29.9. The van der Waals surface area contributed by atoms with Crippen molar-refractivity contribution in [1.82, 2.24) is 51.7 Å². The van der Waals surface area contributed by atoms with Gasteiger partial charge in [0.1, 0.15) is 23.2 Å². The van der Waals surface area contributed by atoms with Gasteiger partial charge in [-0.2, -0.15) is 0 Å². The van der Waals surface area contributed by atoms with Crippen LogP contribution in [-0.4, -0.2) is 113 Å². The molecule has 5 amide bonds. The van der Waals surface area contributed by atoms with E-state index in [1.165, 1.54) is 12.1 Å². The van der Waals surface area contributed by atoms with E-state index in [0.717, 1.165) is 125 Å². The van der Waals surface area contributed by atoms with Crippen molar-refractivity contribution >= 4 is 29.5 Å². The fourth-order valence-corrected chi connectivity index (χ4v) is 13.8. The molecule has 15 nitrogen and oxygen atoms in total. The molecule has 2 aliphatic heterocycles. The number of likely N-dealkylation sites (tertiary alicyclic amines) is 2. The maximum Gasteiger partial charge on any atom is 0.254 e. The summed E-state index contributed by atoms with van der Waals surface area (Å²) in [6.07, 6.45) is 23.2. The number of hydrogen-bond acceptors (Lipinski definition) is 10. The van der Waals surface area contributed by atoms with E-state index in [-0.39, 0.29) is 70.9 Å². The summed E-state index contributed by atoms with van der Waals surface area (Å²) >= 11 is 0. The number of benzene rings is 2. The van der Waals surface area contributed by atoms with Crippen LogP contribution in [-0.2, 0) is 19.2 Å². The van der Waals surface area contributed by atoms with Gasteiger partial charge in [-0.05, 0) is 188 Å². The second kappa shape index (κ2) is 24.9. The number of nitrogens with one attached hydrogen (secondary N) is 6. The Morgan fingerprint density at radius 1 is 0.662 bits per heavy atom. The standard InChI is InChI=1S/C63H82F2N10O5/c1-39(48-33-42(21-23-52(48)64)44-32-47(38-69-35-44)55-20-14-30-75(55)61(80)63(73-57(76)40(2)66-3)50-17-9-6-10-18-51(50)63)70-27-11-12-28-71-58(77)49-34-43(22-24-53(49)65)45-31-46(37-68-36-45)54-19-13-29-74(54)59(78)56(41-15-7-5-8-16-41)72-60(79)62(67-4)25-26-62/h21-24,31-41,50-51,54-56,66-67,70H,5-20,25-30H2,1-4H3,(H,71,77)(H,72,79)(H,73,76)/t39?,40-,50+,51?,54-,55-,56-,63?/m0/s1. The SMILES string of the molecule is CN[C@@H](C)C(=O)NC1(C(=O)N2CCC[C@H]2c2cncc(-c3ccc(F)c(C(C)NCCCCNC(=O)c4cc(-c5cncc([C@@H]6CCCN6C(=O)[C@@H](NC(=O)C6(NC)CC6)C6CCCCC6)c5)ccc4F)c3)c2)C2CCCCC[C@H]21. The van der Waals surface area contributed by atoms with E-state index < -0.39 is 34.9 Å². The number of hydrogen-bond donors (Lipinski definition) is 6. The Hall–Kier alpha value is -6.17. The summed E-state index contributed by atoms with van der Waals surface area (Å²) in [6, 6.07) is 11.8. The molecule has 17 heteroatoms. The molecule has 6 aliphatic rings. The minimum Gasteiger partial charge on any atom is -0.352 e.